The zero-order valence-electron chi connectivity index (χ0n) is 31.9. The molecule has 0 radical (unpaired) electrons. The van der Waals surface area contributed by atoms with E-state index in [4.69, 9.17) is 4.74 Å². The van der Waals surface area contributed by atoms with Crippen molar-refractivity contribution in [3.8, 4) is 33.8 Å². The van der Waals surface area contributed by atoms with Crippen molar-refractivity contribution in [2.24, 2.45) is 0 Å². The number of hydrogen-bond donors (Lipinski definition) is 0. The van der Waals surface area contributed by atoms with Gasteiger partial charge in [0.2, 0.25) is 0 Å². The number of hydrogen-bond acceptors (Lipinski definition) is 1. The van der Waals surface area contributed by atoms with Crippen molar-refractivity contribution in [3.05, 3.63) is 228 Å². The summed E-state index contributed by atoms with van der Waals surface area (Å²) in [7, 11) is 0. The summed E-state index contributed by atoms with van der Waals surface area (Å²) in [6.45, 7) is 2.14. The first kappa shape index (κ1) is 33.4. The standard InChI is InChI=1S/C56H40O/c1-37-23-29-41(30-24-37)43-33-27-39(28-34-43)36-56(35-38-25-31-42(32-26-38)40-13-3-2-4-14-40)52-48-19-9-5-15-44(48)46-17-7-11-21-50(46)54(52)57-55-51-22-12-8-18-47(51)45-16-6-10-20-49(45)53(55)56/h2-34H,35-36H2,1H3. The number of rotatable bonds is 6. The topological polar surface area (TPSA) is 9.23 Å². The summed E-state index contributed by atoms with van der Waals surface area (Å²) in [6, 6.07) is 73.8. The van der Waals surface area contributed by atoms with Gasteiger partial charge in [0.15, 0.2) is 0 Å². The Morgan fingerprint density at radius 3 is 1.05 bits per heavy atom. The largest absolute Gasteiger partial charge is 0.455 e. The van der Waals surface area contributed by atoms with Gasteiger partial charge in [-0.1, -0.05) is 206 Å². The molecule has 0 N–H and O–H groups in total. The van der Waals surface area contributed by atoms with Crippen LogP contribution >= 0.6 is 0 Å². The number of ether oxygens (including phenoxy) is 1. The predicted octanol–water partition coefficient (Wildman–Crippen LogP) is 14.8. The van der Waals surface area contributed by atoms with Gasteiger partial charge in [-0.25, -0.2) is 0 Å². The van der Waals surface area contributed by atoms with Gasteiger partial charge >= 0.3 is 0 Å². The molecule has 10 aromatic rings. The molecule has 10 aromatic carbocycles. The maximum absolute atomic E-state index is 7.51. The fourth-order valence-electron chi connectivity index (χ4n) is 9.73. The molecular formula is C56H40O. The van der Waals surface area contributed by atoms with Gasteiger partial charge < -0.3 is 4.74 Å². The quantitative estimate of drug-likeness (QED) is 0.155. The second-order valence-electron chi connectivity index (χ2n) is 15.8. The molecule has 0 fully saturated rings. The lowest BCUT2D eigenvalue weighted by molar-refractivity contribution is 0.399. The molecular weight excluding hydrogens is 689 g/mol. The molecule has 1 nitrogen and oxygen atoms in total. The summed E-state index contributed by atoms with van der Waals surface area (Å²) in [5.74, 6) is 1.93. The second-order valence-corrected chi connectivity index (χ2v) is 15.8. The van der Waals surface area contributed by atoms with E-state index in [1.807, 2.05) is 0 Å². The zero-order chi connectivity index (χ0) is 37.9. The van der Waals surface area contributed by atoms with Crippen molar-refractivity contribution in [2.45, 2.75) is 25.2 Å². The van der Waals surface area contributed by atoms with Crippen molar-refractivity contribution in [2.75, 3.05) is 0 Å². The average molecular weight is 729 g/mol. The highest BCUT2D eigenvalue weighted by atomic mass is 16.5. The summed E-state index contributed by atoms with van der Waals surface area (Å²) in [5, 5.41) is 9.70. The van der Waals surface area contributed by atoms with Crippen LogP contribution in [0.15, 0.2) is 200 Å². The maximum Gasteiger partial charge on any atom is 0.140 e. The fraction of sp³-hybridized carbons (Fsp3) is 0.0714. The molecule has 0 amide bonds. The van der Waals surface area contributed by atoms with Gasteiger partial charge in [-0.3, -0.25) is 0 Å². The lowest BCUT2D eigenvalue weighted by Crippen LogP contribution is -2.37. The predicted molar refractivity (Wildman–Crippen MR) is 240 cm³/mol. The van der Waals surface area contributed by atoms with Crippen LogP contribution in [0.25, 0.3) is 65.3 Å². The summed E-state index contributed by atoms with van der Waals surface area (Å²) in [4.78, 5) is 0. The van der Waals surface area contributed by atoms with Gasteiger partial charge in [-0.2, -0.15) is 0 Å². The van der Waals surface area contributed by atoms with Crippen molar-refractivity contribution in [1.29, 1.82) is 0 Å². The lowest BCUT2D eigenvalue weighted by atomic mass is 9.62. The van der Waals surface area contributed by atoms with Crippen LogP contribution in [0, 0.1) is 6.92 Å². The van der Waals surface area contributed by atoms with Crippen LogP contribution in [0.4, 0.5) is 0 Å². The van der Waals surface area contributed by atoms with E-state index in [1.54, 1.807) is 0 Å². The minimum atomic E-state index is -0.518. The maximum atomic E-state index is 7.51. The summed E-state index contributed by atoms with van der Waals surface area (Å²) >= 11 is 0. The molecule has 0 unspecified atom stereocenters. The van der Waals surface area contributed by atoms with Gasteiger partial charge in [0, 0.05) is 27.3 Å². The number of aryl methyl sites for hydroxylation is 1. The van der Waals surface area contributed by atoms with E-state index < -0.39 is 5.41 Å². The Bertz CT molecular complexity index is 3000. The van der Waals surface area contributed by atoms with Crippen LogP contribution in [0.5, 0.6) is 11.5 Å². The van der Waals surface area contributed by atoms with Gasteiger partial charge in [0.1, 0.15) is 11.5 Å². The van der Waals surface area contributed by atoms with E-state index in [0.717, 1.165) is 35.1 Å². The Kier molecular flexibility index (Phi) is 7.82. The molecule has 11 rings (SSSR count). The van der Waals surface area contributed by atoms with E-state index >= 15 is 0 Å². The number of fused-ring (bicyclic) bond motifs is 12. The first-order chi connectivity index (χ1) is 28.1. The van der Waals surface area contributed by atoms with E-state index in [2.05, 4.69) is 207 Å². The fourth-order valence-corrected chi connectivity index (χ4v) is 9.73. The molecule has 0 atom stereocenters. The molecule has 1 heteroatoms. The highest BCUT2D eigenvalue weighted by Crippen LogP contribution is 2.60. The minimum absolute atomic E-state index is 0.518. The van der Waals surface area contributed by atoms with Gasteiger partial charge in [-0.15, -0.1) is 0 Å². The summed E-state index contributed by atoms with van der Waals surface area (Å²) in [6.07, 6.45) is 1.57. The SMILES string of the molecule is Cc1ccc(-c2ccc(CC3(Cc4ccc(-c5ccccc5)cc4)c4c(c5ccccc5c5ccccc45)Oc4c3c3ccccc3c3ccccc43)cc2)cc1. The Labute approximate surface area is 333 Å². The molecule has 0 aromatic heterocycles. The molecule has 270 valence electrons. The molecule has 57 heavy (non-hydrogen) atoms. The third-order valence-corrected chi connectivity index (χ3v) is 12.3. The Hall–Kier alpha value is -6.96. The Morgan fingerprint density at radius 2 is 0.632 bits per heavy atom. The average Bonchev–Trinajstić information content (AvgIpc) is 3.27. The van der Waals surface area contributed by atoms with E-state index in [0.29, 0.717) is 0 Å². The summed E-state index contributed by atoms with van der Waals surface area (Å²) in [5.41, 5.74) is 10.8. The van der Waals surface area contributed by atoms with Gasteiger partial charge in [-0.05, 0) is 85.5 Å². The Morgan fingerprint density at radius 1 is 0.316 bits per heavy atom. The van der Waals surface area contributed by atoms with Crippen LogP contribution in [0.1, 0.15) is 27.8 Å². The van der Waals surface area contributed by atoms with Gasteiger partial charge in [0.05, 0.1) is 0 Å². The second kappa shape index (κ2) is 13.4. The normalized spacial score (nSPS) is 13.1. The first-order valence-electron chi connectivity index (χ1n) is 20.0. The molecule has 0 spiro atoms. The molecule has 0 saturated carbocycles. The van der Waals surface area contributed by atoms with Crippen LogP contribution in [-0.2, 0) is 18.3 Å². The zero-order valence-corrected chi connectivity index (χ0v) is 31.9. The molecule has 1 heterocycles. The van der Waals surface area contributed by atoms with Gasteiger partial charge in [0.25, 0.3) is 0 Å². The van der Waals surface area contributed by atoms with Crippen LogP contribution in [0.3, 0.4) is 0 Å². The Balaban J connectivity index is 1.24. The van der Waals surface area contributed by atoms with Crippen LogP contribution in [-0.4, -0.2) is 0 Å². The molecule has 0 aliphatic carbocycles. The van der Waals surface area contributed by atoms with Crippen molar-refractivity contribution < 1.29 is 4.74 Å². The van der Waals surface area contributed by atoms with Crippen molar-refractivity contribution in [3.63, 3.8) is 0 Å². The van der Waals surface area contributed by atoms with Crippen molar-refractivity contribution >= 4 is 43.1 Å². The first-order valence-corrected chi connectivity index (χ1v) is 20.0. The van der Waals surface area contributed by atoms with Crippen LogP contribution in [0.2, 0.25) is 0 Å². The molecule has 0 bridgehead atoms. The van der Waals surface area contributed by atoms with Crippen LogP contribution < -0.4 is 4.74 Å². The van der Waals surface area contributed by atoms with Crippen molar-refractivity contribution in [1.82, 2.24) is 0 Å². The molecule has 0 saturated heterocycles. The highest BCUT2D eigenvalue weighted by molar-refractivity contribution is 6.17. The monoisotopic (exact) mass is 728 g/mol. The molecule has 1 aliphatic heterocycles. The van der Waals surface area contributed by atoms with E-state index in [9.17, 15) is 0 Å². The third kappa shape index (κ3) is 5.46. The third-order valence-electron chi connectivity index (χ3n) is 12.3. The highest BCUT2D eigenvalue weighted by Gasteiger charge is 2.46. The summed E-state index contributed by atoms with van der Waals surface area (Å²) < 4.78 is 7.51. The molecule has 1 aliphatic rings. The minimum Gasteiger partial charge on any atom is -0.455 e. The lowest BCUT2D eigenvalue weighted by Gasteiger charge is -2.43. The smallest absolute Gasteiger partial charge is 0.140 e. The van der Waals surface area contributed by atoms with E-state index in [1.165, 1.54) is 82.4 Å². The number of benzene rings is 10. The van der Waals surface area contributed by atoms with E-state index in [-0.39, 0.29) is 0 Å².